The fraction of sp³-hybridized carbons (Fsp3) is 0.273. The van der Waals surface area contributed by atoms with Crippen molar-refractivity contribution in [3.8, 4) is 0 Å². The van der Waals surface area contributed by atoms with Crippen LogP contribution in [0.15, 0.2) is 58.5 Å². The Morgan fingerprint density at radius 1 is 1.06 bits per heavy atom. The highest BCUT2D eigenvalue weighted by molar-refractivity contribution is 7.99. The first-order valence-electron chi connectivity index (χ1n) is 10.6. The van der Waals surface area contributed by atoms with Crippen LogP contribution in [-0.2, 0) is 16.1 Å². The van der Waals surface area contributed by atoms with Crippen molar-refractivity contribution in [2.45, 2.75) is 11.7 Å². The fourth-order valence-corrected chi connectivity index (χ4v) is 4.46. The minimum atomic E-state index is -0.280. The molecule has 0 unspecified atom stereocenters. The number of imidazole rings is 1. The Morgan fingerprint density at radius 2 is 1.85 bits per heavy atom. The number of anilines is 2. The van der Waals surface area contributed by atoms with Gasteiger partial charge in [0.15, 0.2) is 5.16 Å². The van der Waals surface area contributed by atoms with Gasteiger partial charge in [-0.15, -0.1) is 10.2 Å². The number of carbonyl (C=O) groups is 1. The van der Waals surface area contributed by atoms with E-state index in [-0.39, 0.29) is 17.3 Å². The summed E-state index contributed by atoms with van der Waals surface area (Å²) in [4.78, 5) is 31.6. The lowest BCUT2D eigenvalue weighted by Crippen LogP contribution is -2.38. The molecular weight excluding hydrogens is 442 g/mol. The molecule has 0 spiro atoms. The predicted molar refractivity (Wildman–Crippen MR) is 127 cm³/mol. The van der Waals surface area contributed by atoms with Gasteiger partial charge < -0.3 is 24.9 Å². The van der Waals surface area contributed by atoms with Gasteiger partial charge >= 0.3 is 5.69 Å². The van der Waals surface area contributed by atoms with E-state index >= 15 is 0 Å². The van der Waals surface area contributed by atoms with Gasteiger partial charge in [0, 0.05) is 18.8 Å². The molecule has 0 radical (unpaired) electrons. The Morgan fingerprint density at radius 3 is 2.67 bits per heavy atom. The van der Waals surface area contributed by atoms with E-state index in [9.17, 15) is 9.59 Å². The third kappa shape index (κ3) is 4.94. The molecule has 2 aromatic carbocycles. The second kappa shape index (κ2) is 9.51. The van der Waals surface area contributed by atoms with Crippen LogP contribution in [-0.4, -0.2) is 62.7 Å². The van der Waals surface area contributed by atoms with Gasteiger partial charge in [-0.1, -0.05) is 42.1 Å². The Labute approximate surface area is 193 Å². The molecule has 0 atom stereocenters. The molecule has 1 aliphatic heterocycles. The average Bonchev–Trinajstić information content (AvgIpc) is 3.41. The molecule has 3 heterocycles. The minimum Gasteiger partial charge on any atom is -0.378 e. The first-order chi connectivity index (χ1) is 16.2. The number of hydrogen-bond donors (Lipinski definition) is 3. The van der Waals surface area contributed by atoms with Crippen LogP contribution >= 0.6 is 11.8 Å². The van der Waals surface area contributed by atoms with Crippen LogP contribution in [0.1, 0.15) is 5.56 Å². The summed E-state index contributed by atoms with van der Waals surface area (Å²) in [5.41, 5.74) is 2.80. The lowest BCUT2D eigenvalue weighted by molar-refractivity contribution is -0.113. The van der Waals surface area contributed by atoms with Crippen LogP contribution in [0.2, 0.25) is 0 Å². The number of hydrogen-bond acceptors (Lipinski definition) is 7. The number of aromatic nitrogens is 5. The van der Waals surface area contributed by atoms with Crippen LogP contribution < -0.4 is 15.9 Å². The molecule has 1 amide bonds. The zero-order valence-corrected chi connectivity index (χ0v) is 18.6. The maximum absolute atomic E-state index is 12.6. The summed E-state index contributed by atoms with van der Waals surface area (Å²) in [7, 11) is 0. The third-order valence-electron chi connectivity index (χ3n) is 5.31. The highest BCUT2D eigenvalue weighted by Gasteiger charge is 2.21. The number of morpholine rings is 1. The molecule has 1 saturated heterocycles. The summed E-state index contributed by atoms with van der Waals surface area (Å²) < 4.78 is 7.52. The molecule has 1 aliphatic rings. The van der Waals surface area contributed by atoms with Crippen molar-refractivity contribution >= 4 is 40.3 Å². The van der Waals surface area contributed by atoms with E-state index in [1.165, 1.54) is 11.8 Å². The molecule has 2 aromatic heterocycles. The monoisotopic (exact) mass is 465 g/mol. The Bertz CT molecular complexity index is 1310. The highest BCUT2D eigenvalue weighted by atomic mass is 32.2. The van der Waals surface area contributed by atoms with Crippen molar-refractivity contribution < 1.29 is 9.53 Å². The Kier molecular flexibility index (Phi) is 6.13. The van der Waals surface area contributed by atoms with Crippen molar-refractivity contribution in [3.05, 3.63) is 64.6 Å². The number of aromatic amines is 2. The summed E-state index contributed by atoms with van der Waals surface area (Å²) >= 11 is 1.34. The van der Waals surface area contributed by atoms with Gasteiger partial charge in [-0.2, -0.15) is 0 Å². The van der Waals surface area contributed by atoms with Gasteiger partial charge in [0.25, 0.3) is 0 Å². The molecule has 4 aromatic rings. The van der Waals surface area contributed by atoms with E-state index in [0.29, 0.717) is 41.6 Å². The molecule has 3 N–H and O–H groups in total. The molecule has 33 heavy (non-hydrogen) atoms. The molecule has 0 bridgehead atoms. The van der Waals surface area contributed by atoms with Crippen molar-refractivity contribution in [1.82, 2.24) is 24.7 Å². The number of nitrogens with zero attached hydrogens (tertiary/aromatic N) is 4. The molecule has 170 valence electrons. The van der Waals surface area contributed by atoms with E-state index in [0.717, 1.165) is 24.6 Å². The van der Waals surface area contributed by atoms with Crippen molar-refractivity contribution in [1.29, 1.82) is 0 Å². The van der Waals surface area contributed by atoms with Crippen molar-refractivity contribution in [2.75, 3.05) is 42.3 Å². The van der Waals surface area contributed by atoms with E-state index in [4.69, 9.17) is 4.74 Å². The zero-order valence-electron chi connectivity index (χ0n) is 17.8. The Hall–Kier alpha value is -3.57. The Balaban J connectivity index is 1.30. The second-order valence-corrected chi connectivity index (χ2v) is 8.57. The highest BCUT2D eigenvalue weighted by Crippen LogP contribution is 2.24. The summed E-state index contributed by atoms with van der Waals surface area (Å²) in [6, 6.07) is 15.3. The minimum absolute atomic E-state index is 0.167. The van der Waals surface area contributed by atoms with Crippen LogP contribution in [0.5, 0.6) is 0 Å². The summed E-state index contributed by atoms with van der Waals surface area (Å²) in [6.45, 7) is 3.42. The molecule has 10 nitrogen and oxygen atoms in total. The van der Waals surface area contributed by atoms with E-state index in [2.05, 4.69) is 47.1 Å². The van der Waals surface area contributed by atoms with Gasteiger partial charge in [0.05, 0.1) is 36.5 Å². The number of H-pyrrole nitrogens is 2. The third-order valence-corrected chi connectivity index (χ3v) is 6.27. The fourth-order valence-electron chi connectivity index (χ4n) is 3.73. The number of carbonyl (C=O) groups excluding carboxylic acids is 1. The number of amides is 1. The summed E-state index contributed by atoms with van der Waals surface area (Å²) in [5, 5.41) is 12.4. The van der Waals surface area contributed by atoms with Crippen LogP contribution in [0, 0.1) is 0 Å². The first-order valence-corrected chi connectivity index (χ1v) is 11.6. The van der Waals surface area contributed by atoms with Crippen molar-refractivity contribution in [2.24, 2.45) is 0 Å². The number of nitrogens with one attached hydrogen (secondary N) is 3. The predicted octanol–water partition coefficient (Wildman–Crippen LogP) is 2.06. The van der Waals surface area contributed by atoms with Gasteiger partial charge in [-0.05, 0) is 23.8 Å². The standard InChI is InChI=1S/C22H23N7O3S/c30-19(23-16-6-7-17-18(12-16)25-20(31)24-17)14-33-22-27-26-21(28-8-10-32-11-9-28)29(22)13-15-4-2-1-3-5-15/h1-7,12H,8-11,13-14H2,(H,23,30)(H2,24,25,31). The summed E-state index contributed by atoms with van der Waals surface area (Å²) in [6.07, 6.45) is 0. The maximum atomic E-state index is 12.6. The largest absolute Gasteiger partial charge is 0.378 e. The zero-order chi connectivity index (χ0) is 22.6. The molecular formula is C22H23N7O3S. The average molecular weight is 466 g/mol. The second-order valence-electron chi connectivity index (χ2n) is 7.63. The molecule has 1 fully saturated rings. The van der Waals surface area contributed by atoms with Gasteiger partial charge in [0.2, 0.25) is 11.9 Å². The van der Waals surface area contributed by atoms with Gasteiger partial charge in [0.1, 0.15) is 0 Å². The van der Waals surface area contributed by atoms with Crippen LogP contribution in [0.4, 0.5) is 11.6 Å². The quantitative estimate of drug-likeness (QED) is 0.357. The number of ether oxygens (including phenoxy) is 1. The van der Waals surface area contributed by atoms with Crippen LogP contribution in [0.3, 0.4) is 0 Å². The number of thioether (sulfide) groups is 1. The maximum Gasteiger partial charge on any atom is 0.323 e. The normalized spacial score (nSPS) is 14.0. The molecule has 0 saturated carbocycles. The molecule has 0 aliphatic carbocycles. The first kappa shape index (κ1) is 21.3. The molecule has 5 rings (SSSR count). The van der Waals surface area contributed by atoms with Gasteiger partial charge in [-0.3, -0.25) is 9.36 Å². The van der Waals surface area contributed by atoms with E-state index < -0.39 is 0 Å². The van der Waals surface area contributed by atoms with Crippen molar-refractivity contribution in [3.63, 3.8) is 0 Å². The lowest BCUT2D eigenvalue weighted by Gasteiger charge is -2.28. The van der Waals surface area contributed by atoms with E-state index in [1.807, 2.05) is 18.2 Å². The summed E-state index contributed by atoms with van der Waals surface area (Å²) in [5.74, 6) is 0.795. The smallest absolute Gasteiger partial charge is 0.323 e. The number of rotatable bonds is 7. The molecule has 11 heteroatoms. The topological polar surface area (TPSA) is 121 Å². The number of fused-ring (bicyclic) bond motifs is 1. The number of benzene rings is 2. The van der Waals surface area contributed by atoms with Gasteiger partial charge in [-0.25, -0.2) is 4.79 Å². The van der Waals surface area contributed by atoms with E-state index in [1.54, 1.807) is 18.2 Å². The lowest BCUT2D eigenvalue weighted by atomic mass is 10.2. The van der Waals surface area contributed by atoms with Crippen LogP contribution in [0.25, 0.3) is 11.0 Å². The SMILES string of the molecule is O=C(CSc1nnc(N2CCOCC2)n1Cc1ccccc1)Nc1ccc2[nH]c(=O)[nH]c2c1.